The predicted octanol–water partition coefficient (Wildman–Crippen LogP) is 4.02. The van der Waals surface area contributed by atoms with Gasteiger partial charge in [0.2, 0.25) is 5.60 Å². The first-order valence-electron chi connectivity index (χ1n) is 10.2. The van der Waals surface area contributed by atoms with Crippen LogP contribution in [-0.2, 0) is 16.2 Å². The molecule has 1 amide bonds. The first-order valence-corrected chi connectivity index (χ1v) is 10.2. The molecule has 0 saturated carbocycles. The second kappa shape index (κ2) is 8.23. The van der Waals surface area contributed by atoms with Gasteiger partial charge in [0.1, 0.15) is 5.82 Å². The molecule has 2 aliphatic heterocycles. The van der Waals surface area contributed by atoms with E-state index in [0.717, 1.165) is 18.7 Å². The number of hydrogen-bond acceptors (Lipinski definition) is 4. The van der Waals surface area contributed by atoms with Gasteiger partial charge in [-0.3, -0.25) is 4.79 Å². The Morgan fingerprint density at radius 2 is 1.86 bits per heavy atom. The molecule has 0 bridgehead atoms. The molecule has 0 aliphatic carbocycles. The van der Waals surface area contributed by atoms with E-state index in [0.29, 0.717) is 17.8 Å². The van der Waals surface area contributed by atoms with Gasteiger partial charge in [0.05, 0.1) is 5.71 Å². The van der Waals surface area contributed by atoms with Crippen molar-refractivity contribution in [3.63, 3.8) is 0 Å². The Labute approximate surface area is 170 Å². The molecule has 0 radical (unpaired) electrons. The number of nitrogens with one attached hydrogen (secondary N) is 1. The molecule has 2 aromatic rings. The van der Waals surface area contributed by atoms with Crippen LogP contribution >= 0.6 is 0 Å². The molecule has 1 saturated heterocycles. The maximum absolute atomic E-state index is 14.0. The molecule has 1 N–H and O–H groups in total. The van der Waals surface area contributed by atoms with E-state index >= 15 is 0 Å². The fourth-order valence-corrected chi connectivity index (χ4v) is 3.85. The first-order chi connectivity index (χ1) is 14.0. The van der Waals surface area contributed by atoms with E-state index in [4.69, 9.17) is 4.84 Å². The third-order valence-corrected chi connectivity index (χ3v) is 5.64. The molecule has 0 unspecified atom stereocenters. The van der Waals surface area contributed by atoms with Gasteiger partial charge in [-0.05, 0) is 49.9 Å². The van der Waals surface area contributed by atoms with Crippen LogP contribution in [0.5, 0.6) is 0 Å². The summed E-state index contributed by atoms with van der Waals surface area (Å²) in [5.41, 5.74) is 1.94. The summed E-state index contributed by atoms with van der Waals surface area (Å²) in [6, 6.07) is 14.7. The minimum atomic E-state index is -1.13. The molecule has 1 atom stereocenters. The van der Waals surface area contributed by atoms with Gasteiger partial charge in [-0.15, -0.1) is 0 Å². The summed E-state index contributed by atoms with van der Waals surface area (Å²) in [5, 5.41) is 6.89. The third kappa shape index (κ3) is 4.26. The summed E-state index contributed by atoms with van der Waals surface area (Å²) in [6.45, 7) is 4.30. The van der Waals surface area contributed by atoms with Gasteiger partial charge in [-0.25, -0.2) is 4.39 Å². The quantitative estimate of drug-likeness (QED) is 0.832. The summed E-state index contributed by atoms with van der Waals surface area (Å²) in [6.07, 6.45) is 4.03. The largest absolute Gasteiger partial charge is 0.379 e. The first kappa shape index (κ1) is 19.4. The average Bonchev–Trinajstić information content (AvgIpc) is 3.16. The number of amides is 1. The molecule has 0 aromatic heterocycles. The van der Waals surface area contributed by atoms with Gasteiger partial charge >= 0.3 is 0 Å². The van der Waals surface area contributed by atoms with E-state index in [-0.39, 0.29) is 18.1 Å². The van der Waals surface area contributed by atoms with Crippen molar-refractivity contribution in [3.8, 4) is 0 Å². The van der Waals surface area contributed by atoms with Crippen molar-refractivity contribution >= 4 is 17.3 Å². The zero-order chi connectivity index (χ0) is 20.3. The second-order valence-electron chi connectivity index (χ2n) is 7.91. The summed E-state index contributed by atoms with van der Waals surface area (Å²) >= 11 is 0. The molecule has 4 rings (SSSR count). The van der Waals surface area contributed by atoms with Crippen molar-refractivity contribution in [1.29, 1.82) is 0 Å². The van der Waals surface area contributed by atoms with Crippen LogP contribution in [0.4, 0.5) is 10.1 Å². The van der Waals surface area contributed by atoms with E-state index in [1.165, 1.54) is 31.0 Å². The summed E-state index contributed by atoms with van der Waals surface area (Å²) in [7, 11) is 0. The van der Waals surface area contributed by atoms with E-state index in [2.05, 4.69) is 27.5 Å². The van der Waals surface area contributed by atoms with E-state index in [1.54, 1.807) is 25.1 Å². The maximum Gasteiger partial charge on any atom is 0.267 e. The zero-order valence-corrected chi connectivity index (χ0v) is 16.7. The van der Waals surface area contributed by atoms with Crippen molar-refractivity contribution in [3.05, 3.63) is 65.5 Å². The van der Waals surface area contributed by atoms with Crippen LogP contribution in [0.1, 0.15) is 43.7 Å². The van der Waals surface area contributed by atoms with Crippen molar-refractivity contribution in [2.45, 2.75) is 44.8 Å². The number of carbonyl (C=O) groups is 1. The highest BCUT2D eigenvalue weighted by molar-refractivity contribution is 6.05. The highest BCUT2D eigenvalue weighted by atomic mass is 19.1. The van der Waals surface area contributed by atoms with Gasteiger partial charge in [0.15, 0.2) is 0 Å². The average molecular weight is 395 g/mol. The van der Waals surface area contributed by atoms with E-state index < -0.39 is 5.60 Å². The van der Waals surface area contributed by atoms with Gasteiger partial charge in [0, 0.05) is 37.3 Å². The van der Waals surface area contributed by atoms with Crippen LogP contribution < -0.4 is 10.2 Å². The van der Waals surface area contributed by atoms with Crippen LogP contribution in [0, 0.1) is 5.82 Å². The predicted molar refractivity (Wildman–Crippen MR) is 111 cm³/mol. The fourth-order valence-electron chi connectivity index (χ4n) is 3.85. The SMILES string of the molecule is C[C@@]1(C(=O)NCc2ccc(N3CCCCC3)cc2)CC(c2ccccc2F)=NO1. The van der Waals surface area contributed by atoms with E-state index in [9.17, 15) is 9.18 Å². The van der Waals surface area contributed by atoms with Gasteiger partial charge in [0.25, 0.3) is 5.91 Å². The molecule has 5 nitrogen and oxygen atoms in total. The molecular weight excluding hydrogens is 369 g/mol. The number of anilines is 1. The van der Waals surface area contributed by atoms with Crippen molar-refractivity contribution in [1.82, 2.24) is 5.32 Å². The Hall–Kier alpha value is -2.89. The number of carbonyl (C=O) groups excluding carboxylic acids is 1. The number of piperidine rings is 1. The Morgan fingerprint density at radius 1 is 1.14 bits per heavy atom. The van der Waals surface area contributed by atoms with E-state index in [1.807, 2.05) is 12.1 Å². The lowest BCUT2D eigenvalue weighted by Crippen LogP contribution is -2.44. The lowest BCUT2D eigenvalue weighted by atomic mass is 9.95. The summed E-state index contributed by atoms with van der Waals surface area (Å²) in [5.74, 6) is -0.624. The Morgan fingerprint density at radius 3 is 2.59 bits per heavy atom. The maximum atomic E-state index is 14.0. The van der Waals surface area contributed by atoms with Crippen molar-refractivity contribution in [2.75, 3.05) is 18.0 Å². The summed E-state index contributed by atoms with van der Waals surface area (Å²) < 4.78 is 14.0. The minimum absolute atomic E-state index is 0.230. The van der Waals surface area contributed by atoms with Crippen LogP contribution in [0.3, 0.4) is 0 Å². The minimum Gasteiger partial charge on any atom is -0.379 e. The smallest absolute Gasteiger partial charge is 0.267 e. The molecule has 2 aromatic carbocycles. The molecule has 6 heteroatoms. The fraction of sp³-hybridized carbons (Fsp3) is 0.391. The van der Waals surface area contributed by atoms with Gasteiger partial charge in [-0.1, -0.05) is 35.5 Å². The highest BCUT2D eigenvalue weighted by Crippen LogP contribution is 2.28. The summed E-state index contributed by atoms with van der Waals surface area (Å²) in [4.78, 5) is 20.5. The van der Waals surface area contributed by atoms with Crippen molar-refractivity contribution < 1.29 is 14.0 Å². The van der Waals surface area contributed by atoms with Crippen molar-refractivity contribution in [2.24, 2.45) is 5.16 Å². The topological polar surface area (TPSA) is 53.9 Å². The number of oxime groups is 1. The standard InChI is InChI=1S/C23H26FN3O2/c1-23(15-21(26-29-23)19-7-3-4-8-20(19)24)22(28)25-16-17-9-11-18(12-10-17)27-13-5-2-6-14-27/h3-4,7-12H,2,5-6,13-16H2,1H3,(H,25,28)/t23-/m0/s1. The van der Waals surface area contributed by atoms with Crippen LogP contribution in [-0.4, -0.2) is 30.3 Å². The van der Waals surface area contributed by atoms with Gasteiger partial charge < -0.3 is 15.1 Å². The zero-order valence-electron chi connectivity index (χ0n) is 16.7. The lowest BCUT2D eigenvalue weighted by molar-refractivity contribution is -0.141. The van der Waals surface area contributed by atoms with Gasteiger partial charge in [-0.2, -0.15) is 0 Å². The van der Waals surface area contributed by atoms with Crippen LogP contribution in [0.25, 0.3) is 0 Å². The van der Waals surface area contributed by atoms with Crippen LogP contribution in [0.2, 0.25) is 0 Å². The molecule has 0 spiro atoms. The molecule has 152 valence electrons. The second-order valence-corrected chi connectivity index (χ2v) is 7.91. The molecule has 2 aliphatic rings. The lowest BCUT2D eigenvalue weighted by Gasteiger charge is -2.29. The monoisotopic (exact) mass is 395 g/mol. The Kier molecular flexibility index (Phi) is 5.51. The van der Waals surface area contributed by atoms with Crippen LogP contribution in [0.15, 0.2) is 53.7 Å². The molecule has 2 heterocycles. The number of rotatable bonds is 5. The Bertz CT molecular complexity index is 907. The Balaban J connectivity index is 1.33. The molecule has 29 heavy (non-hydrogen) atoms. The number of nitrogens with zero attached hydrogens (tertiary/aromatic N) is 2. The molecule has 1 fully saturated rings. The normalized spacial score (nSPS) is 21.4. The number of benzene rings is 2. The molecular formula is C23H26FN3O2. The highest BCUT2D eigenvalue weighted by Gasteiger charge is 2.42. The third-order valence-electron chi connectivity index (χ3n) is 5.64. The number of halogens is 1. The number of hydrogen-bond donors (Lipinski definition) is 1.